The standard InChI is InChI=1S/C21H23NO5/c1-26-17-9-10-18(19(12-17)27-13-15-2-3-15)21(25)22-16-7-4-14(5-8-16)6-11-20(23)24/h4-5,7-10,12,15H,2-3,6,11,13H2,1H3,(H,22,25)(H,23,24). The average molecular weight is 369 g/mol. The van der Waals surface area contributed by atoms with E-state index in [9.17, 15) is 9.59 Å². The Morgan fingerprint density at radius 3 is 2.52 bits per heavy atom. The zero-order valence-corrected chi connectivity index (χ0v) is 15.2. The van der Waals surface area contributed by atoms with Crippen LogP contribution in [-0.4, -0.2) is 30.7 Å². The Hall–Kier alpha value is -3.02. The number of carbonyl (C=O) groups is 2. The molecule has 27 heavy (non-hydrogen) atoms. The van der Waals surface area contributed by atoms with Crippen molar-refractivity contribution in [1.82, 2.24) is 0 Å². The number of methoxy groups -OCH3 is 1. The number of benzene rings is 2. The molecule has 1 aliphatic carbocycles. The van der Waals surface area contributed by atoms with Crippen molar-refractivity contribution in [2.75, 3.05) is 19.0 Å². The number of ether oxygens (including phenoxy) is 2. The second-order valence-electron chi connectivity index (χ2n) is 6.66. The Balaban J connectivity index is 1.68. The molecule has 6 heteroatoms. The Morgan fingerprint density at radius 2 is 1.89 bits per heavy atom. The molecule has 2 aromatic carbocycles. The third-order valence-corrected chi connectivity index (χ3v) is 4.44. The summed E-state index contributed by atoms with van der Waals surface area (Å²) < 4.78 is 11.1. The van der Waals surface area contributed by atoms with E-state index in [1.165, 1.54) is 12.8 Å². The number of hydrogen-bond acceptors (Lipinski definition) is 4. The first-order chi connectivity index (χ1) is 13.0. The highest BCUT2D eigenvalue weighted by atomic mass is 16.5. The third-order valence-electron chi connectivity index (χ3n) is 4.44. The van der Waals surface area contributed by atoms with Crippen LogP contribution < -0.4 is 14.8 Å². The van der Waals surface area contributed by atoms with Crippen molar-refractivity contribution in [1.29, 1.82) is 0 Å². The number of aryl methyl sites for hydroxylation is 1. The van der Waals surface area contributed by atoms with Gasteiger partial charge in [0.15, 0.2) is 0 Å². The van der Waals surface area contributed by atoms with Crippen LogP contribution in [0.5, 0.6) is 11.5 Å². The van der Waals surface area contributed by atoms with E-state index >= 15 is 0 Å². The SMILES string of the molecule is COc1ccc(C(=O)Nc2ccc(CCC(=O)O)cc2)c(OCC2CC2)c1. The lowest BCUT2D eigenvalue weighted by molar-refractivity contribution is -0.136. The van der Waals surface area contributed by atoms with Crippen LogP contribution in [0.25, 0.3) is 0 Å². The molecule has 0 saturated heterocycles. The molecule has 1 amide bonds. The summed E-state index contributed by atoms with van der Waals surface area (Å²) >= 11 is 0. The number of hydrogen-bond donors (Lipinski definition) is 2. The van der Waals surface area contributed by atoms with E-state index in [1.54, 1.807) is 37.4 Å². The van der Waals surface area contributed by atoms with E-state index in [4.69, 9.17) is 14.6 Å². The molecule has 1 fully saturated rings. The second-order valence-corrected chi connectivity index (χ2v) is 6.66. The quantitative estimate of drug-likeness (QED) is 0.703. The van der Waals surface area contributed by atoms with E-state index in [0.29, 0.717) is 41.7 Å². The molecule has 6 nitrogen and oxygen atoms in total. The maximum Gasteiger partial charge on any atom is 0.303 e. The number of carbonyl (C=O) groups excluding carboxylic acids is 1. The summed E-state index contributed by atoms with van der Waals surface area (Å²) in [6, 6.07) is 12.3. The van der Waals surface area contributed by atoms with Crippen molar-refractivity contribution in [3.05, 3.63) is 53.6 Å². The lowest BCUT2D eigenvalue weighted by Gasteiger charge is -2.13. The van der Waals surface area contributed by atoms with Crippen molar-refractivity contribution in [3.63, 3.8) is 0 Å². The molecule has 0 heterocycles. The summed E-state index contributed by atoms with van der Waals surface area (Å²) in [5.74, 6) is 0.634. The monoisotopic (exact) mass is 369 g/mol. The topological polar surface area (TPSA) is 84.9 Å². The van der Waals surface area contributed by atoms with Gasteiger partial charge < -0.3 is 19.9 Å². The fraction of sp³-hybridized carbons (Fsp3) is 0.333. The van der Waals surface area contributed by atoms with Crippen LogP contribution in [-0.2, 0) is 11.2 Å². The van der Waals surface area contributed by atoms with Gasteiger partial charge in [-0.15, -0.1) is 0 Å². The van der Waals surface area contributed by atoms with Gasteiger partial charge in [0.2, 0.25) is 0 Å². The van der Waals surface area contributed by atoms with Gasteiger partial charge in [0.05, 0.1) is 19.3 Å². The van der Waals surface area contributed by atoms with E-state index < -0.39 is 5.97 Å². The van der Waals surface area contributed by atoms with Crippen LogP contribution in [0.4, 0.5) is 5.69 Å². The largest absolute Gasteiger partial charge is 0.497 e. The Morgan fingerprint density at radius 1 is 1.15 bits per heavy atom. The molecule has 0 radical (unpaired) electrons. The first kappa shape index (κ1) is 18.8. The minimum Gasteiger partial charge on any atom is -0.497 e. The zero-order valence-electron chi connectivity index (χ0n) is 15.2. The van der Waals surface area contributed by atoms with Gasteiger partial charge in [-0.05, 0) is 55.0 Å². The van der Waals surface area contributed by atoms with Gasteiger partial charge in [-0.25, -0.2) is 0 Å². The molecular formula is C21H23NO5. The molecule has 2 N–H and O–H groups in total. The molecule has 0 atom stereocenters. The van der Waals surface area contributed by atoms with E-state index in [2.05, 4.69) is 5.32 Å². The van der Waals surface area contributed by atoms with E-state index in [1.807, 2.05) is 12.1 Å². The highest BCUT2D eigenvalue weighted by molar-refractivity contribution is 6.06. The summed E-state index contributed by atoms with van der Waals surface area (Å²) in [6.07, 6.45) is 2.87. The first-order valence-corrected chi connectivity index (χ1v) is 8.98. The van der Waals surface area contributed by atoms with Gasteiger partial charge in [-0.1, -0.05) is 12.1 Å². The summed E-state index contributed by atoms with van der Waals surface area (Å²) in [5, 5.41) is 11.6. The van der Waals surface area contributed by atoms with Crippen molar-refractivity contribution in [3.8, 4) is 11.5 Å². The molecule has 0 aromatic heterocycles. The van der Waals surface area contributed by atoms with Gasteiger partial charge in [0.1, 0.15) is 11.5 Å². The molecule has 0 unspecified atom stereocenters. The van der Waals surface area contributed by atoms with Crippen molar-refractivity contribution in [2.45, 2.75) is 25.7 Å². The number of anilines is 1. The predicted octanol–water partition coefficient (Wildman–Crippen LogP) is 3.75. The number of nitrogens with one attached hydrogen (secondary N) is 1. The summed E-state index contributed by atoms with van der Waals surface area (Å²) in [7, 11) is 1.58. The smallest absolute Gasteiger partial charge is 0.303 e. The third kappa shape index (κ3) is 5.48. The van der Waals surface area contributed by atoms with Gasteiger partial charge in [-0.3, -0.25) is 9.59 Å². The van der Waals surface area contributed by atoms with Gasteiger partial charge in [-0.2, -0.15) is 0 Å². The van der Waals surface area contributed by atoms with Gasteiger partial charge >= 0.3 is 5.97 Å². The number of amides is 1. The molecule has 0 aliphatic heterocycles. The molecule has 142 valence electrons. The van der Waals surface area contributed by atoms with Crippen LogP contribution in [0.2, 0.25) is 0 Å². The van der Waals surface area contributed by atoms with E-state index in [-0.39, 0.29) is 12.3 Å². The zero-order chi connectivity index (χ0) is 19.2. The fourth-order valence-electron chi connectivity index (χ4n) is 2.63. The van der Waals surface area contributed by atoms with Crippen molar-refractivity contribution >= 4 is 17.6 Å². The second kappa shape index (κ2) is 8.58. The molecule has 0 spiro atoms. The van der Waals surface area contributed by atoms with Crippen LogP contribution in [0.15, 0.2) is 42.5 Å². The Bertz CT molecular complexity index is 812. The maximum absolute atomic E-state index is 12.7. The minimum atomic E-state index is -0.828. The van der Waals surface area contributed by atoms with Crippen LogP contribution >= 0.6 is 0 Å². The Labute approximate surface area is 158 Å². The molecular weight excluding hydrogens is 346 g/mol. The summed E-state index contributed by atoms with van der Waals surface area (Å²) in [6.45, 7) is 0.603. The van der Waals surface area contributed by atoms with Gasteiger partial charge in [0, 0.05) is 18.2 Å². The molecule has 3 rings (SSSR count). The summed E-state index contributed by atoms with van der Waals surface area (Å²) in [5.41, 5.74) is 2.00. The number of rotatable bonds is 9. The molecule has 1 aliphatic rings. The lowest BCUT2D eigenvalue weighted by atomic mass is 10.1. The normalized spacial score (nSPS) is 13.1. The molecule has 1 saturated carbocycles. The highest BCUT2D eigenvalue weighted by Gasteiger charge is 2.23. The predicted molar refractivity (Wildman–Crippen MR) is 102 cm³/mol. The van der Waals surface area contributed by atoms with Crippen molar-refractivity contribution in [2.24, 2.45) is 5.92 Å². The number of carboxylic acids is 1. The highest BCUT2D eigenvalue weighted by Crippen LogP contribution is 2.32. The maximum atomic E-state index is 12.7. The summed E-state index contributed by atoms with van der Waals surface area (Å²) in [4.78, 5) is 23.3. The number of aliphatic carboxylic acids is 1. The first-order valence-electron chi connectivity index (χ1n) is 8.98. The minimum absolute atomic E-state index is 0.0826. The number of carboxylic acid groups (broad SMARTS) is 1. The van der Waals surface area contributed by atoms with Crippen LogP contribution in [0, 0.1) is 5.92 Å². The van der Waals surface area contributed by atoms with E-state index in [0.717, 1.165) is 5.56 Å². The fourth-order valence-corrected chi connectivity index (χ4v) is 2.63. The Kier molecular flexibility index (Phi) is 5.96. The molecule has 2 aromatic rings. The lowest BCUT2D eigenvalue weighted by Crippen LogP contribution is -2.14. The van der Waals surface area contributed by atoms with Crippen molar-refractivity contribution < 1.29 is 24.2 Å². The molecule has 0 bridgehead atoms. The van der Waals surface area contributed by atoms with Gasteiger partial charge in [0.25, 0.3) is 5.91 Å². The van der Waals surface area contributed by atoms with Crippen LogP contribution in [0.1, 0.15) is 35.2 Å². The average Bonchev–Trinajstić information content (AvgIpc) is 3.50. The van der Waals surface area contributed by atoms with Crippen LogP contribution in [0.3, 0.4) is 0 Å².